The molecule has 78 valence electrons. The third-order valence-electron chi connectivity index (χ3n) is 2.86. The fourth-order valence-electron chi connectivity index (χ4n) is 1.56. The van der Waals surface area contributed by atoms with Crippen LogP contribution in [-0.2, 0) is 4.79 Å². The Hall–Kier alpha value is -1.04. The SMILES string of the molecule is CC(C)CCNC(=O)C1(C#N)CCC1. The van der Waals surface area contributed by atoms with Gasteiger partial charge in [-0.05, 0) is 31.6 Å². The average molecular weight is 194 g/mol. The first-order valence-electron chi connectivity index (χ1n) is 5.30. The van der Waals surface area contributed by atoms with Gasteiger partial charge < -0.3 is 5.32 Å². The predicted octanol–water partition coefficient (Wildman–Crippen LogP) is 1.84. The minimum absolute atomic E-state index is 0.0631. The minimum Gasteiger partial charge on any atom is -0.355 e. The summed E-state index contributed by atoms with van der Waals surface area (Å²) in [5.41, 5.74) is -0.684. The highest BCUT2D eigenvalue weighted by Crippen LogP contribution is 2.40. The summed E-state index contributed by atoms with van der Waals surface area (Å²) in [7, 11) is 0. The van der Waals surface area contributed by atoms with Crippen LogP contribution >= 0.6 is 0 Å². The molecule has 0 aromatic carbocycles. The van der Waals surface area contributed by atoms with Crippen LogP contribution in [0.25, 0.3) is 0 Å². The number of hydrogen-bond donors (Lipinski definition) is 1. The number of hydrogen-bond acceptors (Lipinski definition) is 2. The van der Waals surface area contributed by atoms with E-state index in [1.165, 1.54) is 0 Å². The van der Waals surface area contributed by atoms with Gasteiger partial charge in [0.25, 0.3) is 0 Å². The zero-order valence-corrected chi connectivity index (χ0v) is 8.97. The van der Waals surface area contributed by atoms with E-state index in [1.807, 2.05) is 0 Å². The van der Waals surface area contributed by atoms with Crippen LogP contribution in [0.4, 0.5) is 0 Å². The fraction of sp³-hybridized carbons (Fsp3) is 0.818. The lowest BCUT2D eigenvalue weighted by Gasteiger charge is -2.33. The van der Waals surface area contributed by atoms with Gasteiger partial charge >= 0.3 is 0 Å². The van der Waals surface area contributed by atoms with Gasteiger partial charge in [-0.2, -0.15) is 5.26 Å². The number of rotatable bonds is 4. The molecule has 0 atom stereocenters. The van der Waals surface area contributed by atoms with E-state index in [0.717, 1.165) is 25.7 Å². The number of carbonyl (C=O) groups is 1. The van der Waals surface area contributed by atoms with Gasteiger partial charge in [-0.3, -0.25) is 4.79 Å². The van der Waals surface area contributed by atoms with E-state index in [4.69, 9.17) is 5.26 Å². The van der Waals surface area contributed by atoms with E-state index in [9.17, 15) is 4.79 Å². The summed E-state index contributed by atoms with van der Waals surface area (Å²) in [5.74, 6) is 0.529. The standard InChI is InChI=1S/C11H18N2O/c1-9(2)4-7-13-10(14)11(8-12)5-3-6-11/h9H,3-7H2,1-2H3,(H,13,14). The highest BCUT2D eigenvalue weighted by molar-refractivity contribution is 5.86. The first-order chi connectivity index (χ1) is 6.60. The molecule has 0 heterocycles. The summed E-state index contributed by atoms with van der Waals surface area (Å²) in [4.78, 5) is 11.6. The van der Waals surface area contributed by atoms with Gasteiger partial charge in [-0.25, -0.2) is 0 Å². The molecule has 1 amide bonds. The fourth-order valence-corrected chi connectivity index (χ4v) is 1.56. The van der Waals surface area contributed by atoms with Crippen molar-refractivity contribution < 1.29 is 4.79 Å². The molecule has 14 heavy (non-hydrogen) atoms. The van der Waals surface area contributed by atoms with Gasteiger partial charge in [-0.1, -0.05) is 13.8 Å². The molecular formula is C11H18N2O. The Morgan fingerprint density at radius 2 is 2.21 bits per heavy atom. The van der Waals surface area contributed by atoms with Gasteiger partial charge in [-0.15, -0.1) is 0 Å². The van der Waals surface area contributed by atoms with E-state index in [1.54, 1.807) is 0 Å². The van der Waals surface area contributed by atoms with Crippen molar-refractivity contribution in [3.63, 3.8) is 0 Å². The van der Waals surface area contributed by atoms with Gasteiger partial charge in [0, 0.05) is 6.54 Å². The Balaban J connectivity index is 2.31. The summed E-state index contributed by atoms with van der Waals surface area (Å²) in [6.45, 7) is 4.94. The second-order valence-corrected chi connectivity index (χ2v) is 4.49. The first-order valence-corrected chi connectivity index (χ1v) is 5.30. The van der Waals surface area contributed by atoms with Gasteiger partial charge in [0.05, 0.1) is 6.07 Å². The molecule has 0 aromatic heterocycles. The normalized spacial score (nSPS) is 18.4. The molecule has 3 heteroatoms. The van der Waals surface area contributed by atoms with E-state index >= 15 is 0 Å². The molecule has 0 aromatic rings. The Morgan fingerprint density at radius 3 is 2.57 bits per heavy atom. The Labute approximate surface area is 85.5 Å². The summed E-state index contributed by atoms with van der Waals surface area (Å²) in [5, 5.41) is 11.8. The predicted molar refractivity (Wildman–Crippen MR) is 54.4 cm³/mol. The molecule has 0 spiro atoms. The Morgan fingerprint density at radius 1 is 1.57 bits per heavy atom. The van der Waals surface area contributed by atoms with E-state index in [2.05, 4.69) is 25.2 Å². The van der Waals surface area contributed by atoms with Crippen LogP contribution in [0.15, 0.2) is 0 Å². The lowest BCUT2D eigenvalue weighted by atomic mass is 9.69. The summed E-state index contributed by atoms with van der Waals surface area (Å²) < 4.78 is 0. The molecular weight excluding hydrogens is 176 g/mol. The van der Waals surface area contributed by atoms with Gasteiger partial charge in [0.2, 0.25) is 5.91 Å². The molecule has 1 N–H and O–H groups in total. The Bertz CT molecular complexity index is 249. The summed E-state index contributed by atoms with van der Waals surface area (Å²) in [6, 6.07) is 2.14. The summed E-state index contributed by atoms with van der Waals surface area (Å²) in [6.07, 6.45) is 3.45. The van der Waals surface area contributed by atoms with Crippen molar-refractivity contribution in [3.8, 4) is 6.07 Å². The van der Waals surface area contributed by atoms with Crippen molar-refractivity contribution in [2.24, 2.45) is 11.3 Å². The van der Waals surface area contributed by atoms with E-state index < -0.39 is 5.41 Å². The van der Waals surface area contributed by atoms with Crippen molar-refractivity contribution in [2.75, 3.05) is 6.54 Å². The molecule has 0 unspecified atom stereocenters. The molecule has 0 radical (unpaired) electrons. The van der Waals surface area contributed by atoms with Crippen molar-refractivity contribution >= 4 is 5.91 Å². The maximum absolute atomic E-state index is 11.6. The van der Waals surface area contributed by atoms with Crippen molar-refractivity contribution in [1.82, 2.24) is 5.32 Å². The Kier molecular flexibility index (Phi) is 3.51. The molecule has 0 bridgehead atoms. The van der Waals surface area contributed by atoms with Crippen LogP contribution < -0.4 is 5.32 Å². The lowest BCUT2D eigenvalue weighted by molar-refractivity contribution is -0.131. The second-order valence-electron chi connectivity index (χ2n) is 4.49. The zero-order valence-electron chi connectivity index (χ0n) is 8.97. The van der Waals surface area contributed by atoms with Gasteiger partial charge in [0.1, 0.15) is 5.41 Å². The smallest absolute Gasteiger partial charge is 0.240 e. The topological polar surface area (TPSA) is 52.9 Å². The minimum atomic E-state index is -0.684. The maximum atomic E-state index is 11.6. The van der Waals surface area contributed by atoms with Crippen LogP contribution in [0.3, 0.4) is 0 Å². The number of amides is 1. The molecule has 0 aliphatic heterocycles. The molecule has 1 saturated carbocycles. The van der Waals surface area contributed by atoms with Crippen molar-refractivity contribution in [1.29, 1.82) is 5.26 Å². The molecule has 1 rings (SSSR count). The third-order valence-corrected chi connectivity index (χ3v) is 2.86. The lowest BCUT2D eigenvalue weighted by Crippen LogP contribution is -2.45. The largest absolute Gasteiger partial charge is 0.355 e. The third kappa shape index (κ3) is 2.25. The maximum Gasteiger partial charge on any atom is 0.240 e. The van der Waals surface area contributed by atoms with Crippen LogP contribution in [0.5, 0.6) is 0 Å². The van der Waals surface area contributed by atoms with Crippen molar-refractivity contribution in [3.05, 3.63) is 0 Å². The van der Waals surface area contributed by atoms with Crippen LogP contribution in [0.2, 0.25) is 0 Å². The number of nitrogens with one attached hydrogen (secondary N) is 1. The quantitative estimate of drug-likeness (QED) is 0.742. The second kappa shape index (κ2) is 4.45. The average Bonchev–Trinajstić information content (AvgIpc) is 2.02. The van der Waals surface area contributed by atoms with Crippen molar-refractivity contribution in [2.45, 2.75) is 39.5 Å². The highest BCUT2D eigenvalue weighted by Gasteiger charge is 2.44. The van der Waals surface area contributed by atoms with E-state index in [0.29, 0.717) is 12.5 Å². The number of nitriles is 1. The molecule has 1 aliphatic rings. The molecule has 1 fully saturated rings. The van der Waals surface area contributed by atoms with Gasteiger partial charge in [0.15, 0.2) is 0 Å². The summed E-state index contributed by atoms with van der Waals surface area (Å²) >= 11 is 0. The van der Waals surface area contributed by atoms with Crippen LogP contribution in [0.1, 0.15) is 39.5 Å². The molecule has 0 saturated heterocycles. The number of nitrogens with zero attached hydrogens (tertiary/aromatic N) is 1. The molecule has 1 aliphatic carbocycles. The highest BCUT2D eigenvalue weighted by atomic mass is 16.2. The van der Waals surface area contributed by atoms with Crippen LogP contribution in [0, 0.1) is 22.7 Å². The monoisotopic (exact) mass is 194 g/mol. The van der Waals surface area contributed by atoms with Crippen LogP contribution in [-0.4, -0.2) is 12.5 Å². The molecule has 3 nitrogen and oxygen atoms in total. The first kappa shape index (κ1) is 11.0. The van der Waals surface area contributed by atoms with E-state index in [-0.39, 0.29) is 5.91 Å². The number of carbonyl (C=O) groups excluding carboxylic acids is 1. The zero-order chi connectivity index (χ0) is 10.6.